The van der Waals surface area contributed by atoms with Gasteiger partial charge in [0.2, 0.25) is 0 Å². The molecule has 0 bridgehead atoms. The number of ether oxygens (including phenoxy) is 1. The van der Waals surface area contributed by atoms with Crippen molar-refractivity contribution in [2.45, 2.75) is 32.3 Å². The van der Waals surface area contributed by atoms with Crippen LogP contribution in [-0.2, 0) is 4.74 Å². The van der Waals surface area contributed by atoms with Crippen molar-refractivity contribution in [1.82, 2.24) is 4.90 Å². The maximum atomic E-state index is 10.3. The van der Waals surface area contributed by atoms with E-state index in [2.05, 4.69) is 17.9 Å². The molecule has 0 saturated carbocycles. The maximum absolute atomic E-state index is 10.3. The third-order valence-electron chi connectivity index (χ3n) is 4.27. The molecule has 1 aromatic carbocycles. The van der Waals surface area contributed by atoms with E-state index >= 15 is 0 Å². The lowest BCUT2D eigenvalue weighted by Crippen LogP contribution is -2.38. The minimum absolute atomic E-state index is 0.348. The molecule has 20 heavy (non-hydrogen) atoms. The molecule has 112 valence electrons. The second-order valence-electron chi connectivity index (χ2n) is 5.93. The quantitative estimate of drug-likeness (QED) is 0.868. The van der Waals surface area contributed by atoms with Gasteiger partial charge in [-0.05, 0) is 49.8 Å². The summed E-state index contributed by atoms with van der Waals surface area (Å²) < 4.78 is 5.26. The van der Waals surface area contributed by atoms with Gasteiger partial charge in [0, 0.05) is 20.2 Å². The van der Waals surface area contributed by atoms with Crippen molar-refractivity contribution in [3.05, 3.63) is 35.4 Å². The molecule has 0 radical (unpaired) electrons. The van der Waals surface area contributed by atoms with Crippen LogP contribution in [-0.4, -0.2) is 43.4 Å². The summed E-state index contributed by atoms with van der Waals surface area (Å²) in [6.45, 7) is 6.15. The van der Waals surface area contributed by atoms with E-state index in [9.17, 15) is 5.11 Å². The molecule has 2 rings (SSSR count). The normalized spacial score (nSPS) is 21.9. The Labute approximate surface area is 122 Å². The van der Waals surface area contributed by atoms with Crippen LogP contribution in [0.5, 0.6) is 0 Å². The van der Waals surface area contributed by atoms with Crippen LogP contribution in [0.15, 0.2) is 24.3 Å². The first-order valence-corrected chi connectivity index (χ1v) is 7.65. The molecule has 3 nitrogen and oxygen atoms in total. The average Bonchev–Trinajstić information content (AvgIpc) is 2.46. The molecule has 1 heterocycles. The molecular weight excluding hydrogens is 250 g/mol. The Morgan fingerprint density at radius 1 is 1.40 bits per heavy atom. The highest BCUT2D eigenvalue weighted by Gasteiger charge is 2.20. The van der Waals surface area contributed by atoms with Crippen molar-refractivity contribution < 1.29 is 9.84 Å². The van der Waals surface area contributed by atoms with Gasteiger partial charge in [0.1, 0.15) is 0 Å². The Bertz CT molecular complexity index is 406. The molecule has 0 amide bonds. The van der Waals surface area contributed by atoms with Crippen LogP contribution in [0.25, 0.3) is 0 Å². The number of hydrogen-bond donors (Lipinski definition) is 1. The van der Waals surface area contributed by atoms with Gasteiger partial charge in [0.15, 0.2) is 0 Å². The van der Waals surface area contributed by atoms with E-state index in [0.29, 0.717) is 5.92 Å². The number of likely N-dealkylation sites (tertiary alicyclic amines) is 1. The first-order chi connectivity index (χ1) is 9.70. The molecule has 2 atom stereocenters. The molecule has 1 N–H and O–H groups in total. The largest absolute Gasteiger partial charge is 0.388 e. The number of nitrogens with zero attached hydrogens (tertiary/aromatic N) is 1. The minimum atomic E-state index is -0.348. The smallest absolute Gasteiger partial charge is 0.0804 e. The average molecular weight is 277 g/mol. The lowest BCUT2D eigenvalue weighted by atomic mass is 9.97. The van der Waals surface area contributed by atoms with Crippen molar-refractivity contribution in [2.75, 3.05) is 33.4 Å². The van der Waals surface area contributed by atoms with E-state index in [1.54, 1.807) is 7.11 Å². The summed E-state index contributed by atoms with van der Waals surface area (Å²) in [6.07, 6.45) is 2.97. The number of aryl methyl sites for hydroxylation is 1. The van der Waals surface area contributed by atoms with E-state index in [-0.39, 0.29) is 6.10 Å². The van der Waals surface area contributed by atoms with Crippen LogP contribution >= 0.6 is 0 Å². The highest BCUT2D eigenvalue weighted by molar-refractivity contribution is 5.27. The Balaban J connectivity index is 1.81. The number of methoxy groups -OCH3 is 1. The first-order valence-electron chi connectivity index (χ1n) is 7.65. The zero-order valence-electron chi connectivity index (χ0n) is 12.7. The molecule has 1 aliphatic heterocycles. The number of aliphatic hydroxyl groups is 1. The standard InChI is InChI=1S/C17H27NO2/c1-14-6-3-4-8-16(14)17(19)9-11-18-10-5-7-15(12-18)13-20-2/h3-4,6,8,15,17,19H,5,7,9-13H2,1-2H3. The topological polar surface area (TPSA) is 32.7 Å². The van der Waals surface area contributed by atoms with E-state index in [4.69, 9.17) is 4.74 Å². The number of rotatable bonds is 6. The van der Waals surface area contributed by atoms with Crippen LogP contribution in [0.2, 0.25) is 0 Å². The summed E-state index contributed by atoms with van der Waals surface area (Å²) in [7, 11) is 1.78. The molecule has 0 aliphatic carbocycles. The van der Waals surface area contributed by atoms with Crippen LogP contribution in [0, 0.1) is 12.8 Å². The number of aliphatic hydroxyl groups excluding tert-OH is 1. The summed E-state index contributed by atoms with van der Waals surface area (Å²) >= 11 is 0. The zero-order valence-corrected chi connectivity index (χ0v) is 12.7. The molecule has 3 heteroatoms. The van der Waals surface area contributed by atoms with Gasteiger partial charge in [0.25, 0.3) is 0 Å². The molecule has 1 fully saturated rings. The van der Waals surface area contributed by atoms with Crippen molar-refractivity contribution in [3.63, 3.8) is 0 Å². The highest BCUT2D eigenvalue weighted by atomic mass is 16.5. The SMILES string of the molecule is COCC1CCCN(CCC(O)c2ccccc2C)C1. The fourth-order valence-electron chi connectivity index (χ4n) is 3.15. The first kappa shape index (κ1) is 15.5. The monoisotopic (exact) mass is 277 g/mol. The fourth-order valence-corrected chi connectivity index (χ4v) is 3.15. The predicted molar refractivity (Wildman–Crippen MR) is 81.8 cm³/mol. The van der Waals surface area contributed by atoms with Gasteiger partial charge in [-0.2, -0.15) is 0 Å². The van der Waals surface area contributed by atoms with Gasteiger partial charge >= 0.3 is 0 Å². The van der Waals surface area contributed by atoms with Crippen molar-refractivity contribution in [3.8, 4) is 0 Å². The van der Waals surface area contributed by atoms with E-state index in [0.717, 1.165) is 38.2 Å². The second-order valence-corrected chi connectivity index (χ2v) is 5.93. The summed E-state index contributed by atoms with van der Waals surface area (Å²) in [5.41, 5.74) is 2.24. The fraction of sp³-hybridized carbons (Fsp3) is 0.647. The lowest BCUT2D eigenvalue weighted by molar-refractivity contribution is 0.0778. The zero-order chi connectivity index (χ0) is 14.4. The Hall–Kier alpha value is -0.900. The van der Waals surface area contributed by atoms with Crippen molar-refractivity contribution in [1.29, 1.82) is 0 Å². The molecule has 0 spiro atoms. The Kier molecular flexibility index (Phi) is 6.02. The van der Waals surface area contributed by atoms with Crippen molar-refractivity contribution in [2.24, 2.45) is 5.92 Å². The molecule has 1 aromatic rings. The summed E-state index contributed by atoms with van der Waals surface area (Å²) in [5, 5.41) is 10.3. The van der Waals surface area contributed by atoms with Gasteiger partial charge in [-0.15, -0.1) is 0 Å². The number of piperidine rings is 1. The van der Waals surface area contributed by atoms with Crippen LogP contribution < -0.4 is 0 Å². The van der Waals surface area contributed by atoms with Crippen LogP contribution in [0.4, 0.5) is 0 Å². The predicted octanol–water partition coefficient (Wildman–Crippen LogP) is 2.78. The third-order valence-corrected chi connectivity index (χ3v) is 4.27. The summed E-state index contributed by atoms with van der Waals surface area (Å²) in [5.74, 6) is 0.657. The second kappa shape index (κ2) is 7.77. The molecule has 1 saturated heterocycles. The Morgan fingerprint density at radius 3 is 2.95 bits per heavy atom. The molecule has 0 aromatic heterocycles. The minimum Gasteiger partial charge on any atom is -0.388 e. The highest BCUT2D eigenvalue weighted by Crippen LogP contribution is 2.22. The summed E-state index contributed by atoms with van der Waals surface area (Å²) in [6, 6.07) is 8.12. The molecular formula is C17H27NO2. The van der Waals surface area contributed by atoms with E-state index in [1.165, 1.54) is 18.4 Å². The molecule has 1 aliphatic rings. The summed E-state index contributed by atoms with van der Waals surface area (Å²) in [4.78, 5) is 2.47. The van der Waals surface area contributed by atoms with Gasteiger partial charge in [-0.3, -0.25) is 0 Å². The third kappa shape index (κ3) is 4.30. The van der Waals surface area contributed by atoms with Gasteiger partial charge in [-0.1, -0.05) is 24.3 Å². The van der Waals surface area contributed by atoms with E-state index < -0.39 is 0 Å². The van der Waals surface area contributed by atoms with Crippen molar-refractivity contribution >= 4 is 0 Å². The van der Waals surface area contributed by atoms with Gasteiger partial charge in [0.05, 0.1) is 12.7 Å². The Morgan fingerprint density at radius 2 is 2.20 bits per heavy atom. The number of benzene rings is 1. The number of hydrogen-bond acceptors (Lipinski definition) is 3. The van der Waals surface area contributed by atoms with Crippen LogP contribution in [0.3, 0.4) is 0 Å². The van der Waals surface area contributed by atoms with Crippen LogP contribution in [0.1, 0.15) is 36.5 Å². The molecule has 2 unspecified atom stereocenters. The lowest BCUT2D eigenvalue weighted by Gasteiger charge is -2.32. The maximum Gasteiger partial charge on any atom is 0.0804 e. The van der Waals surface area contributed by atoms with Gasteiger partial charge in [-0.25, -0.2) is 0 Å². The van der Waals surface area contributed by atoms with E-state index in [1.807, 2.05) is 18.2 Å². The van der Waals surface area contributed by atoms with Gasteiger partial charge < -0.3 is 14.7 Å².